The van der Waals surface area contributed by atoms with E-state index in [1.54, 1.807) is 6.92 Å². The predicted molar refractivity (Wildman–Crippen MR) is 90.6 cm³/mol. The molecule has 136 valence electrons. The molecule has 0 radical (unpaired) electrons. The van der Waals surface area contributed by atoms with Crippen LogP contribution in [-0.2, 0) is 23.8 Å². The highest BCUT2D eigenvalue weighted by Gasteiger charge is 2.50. The first-order valence-electron chi connectivity index (χ1n) is 9.00. The first kappa shape index (κ1) is 18.0. The average molecular weight is 347 g/mol. The van der Waals surface area contributed by atoms with Crippen LogP contribution >= 0.6 is 0 Å². The van der Waals surface area contributed by atoms with Crippen LogP contribution in [0.5, 0.6) is 0 Å². The summed E-state index contributed by atoms with van der Waals surface area (Å²) in [5, 5.41) is 0. The second kappa shape index (κ2) is 8.03. The van der Waals surface area contributed by atoms with E-state index in [0.717, 1.165) is 45.6 Å². The SMILES string of the molecule is CC1=C(C(=O)OCC#CCN2CCOCC2)C2(CCCCC2)OC1=O. The molecule has 0 N–H and O–H groups in total. The lowest BCUT2D eigenvalue weighted by Gasteiger charge is -2.33. The zero-order valence-electron chi connectivity index (χ0n) is 14.8. The minimum absolute atomic E-state index is 0.0320. The van der Waals surface area contributed by atoms with Crippen molar-refractivity contribution in [2.45, 2.75) is 44.6 Å². The van der Waals surface area contributed by atoms with E-state index in [1.807, 2.05) is 0 Å². The van der Waals surface area contributed by atoms with Crippen molar-refractivity contribution in [2.75, 3.05) is 39.5 Å². The van der Waals surface area contributed by atoms with E-state index in [0.29, 0.717) is 30.5 Å². The predicted octanol–water partition coefficient (Wildman–Crippen LogP) is 1.44. The van der Waals surface area contributed by atoms with E-state index in [1.165, 1.54) is 0 Å². The molecule has 0 aromatic rings. The molecule has 6 nitrogen and oxygen atoms in total. The molecule has 25 heavy (non-hydrogen) atoms. The molecule has 0 bridgehead atoms. The number of morpholine rings is 1. The van der Waals surface area contributed by atoms with Gasteiger partial charge >= 0.3 is 11.9 Å². The molecule has 0 amide bonds. The number of hydrogen-bond acceptors (Lipinski definition) is 6. The Hall–Kier alpha value is -1.84. The third kappa shape index (κ3) is 4.05. The molecule has 1 spiro atoms. The number of ether oxygens (including phenoxy) is 3. The van der Waals surface area contributed by atoms with Gasteiger partial charge in [0.05, 0.1) is 25.3 Å². The molecule has 1 aliphatic carbocycles. The average Bonchev–Trinajstić information content (AvgIpc) is 2.86. The highest BCUT2D eigenvalue weighted by Crippen LogP contribution is 2.44. The van der Waals surface area contributed by atoms with Crippen LogP contribution in [-0.4, -0.2) is 61.9 Å². The van der Waals surface area contributed by atoms with Gasteiger partial charge in [0.2, 0.25) is 0 Å². The van der Waals surface area contributed by atoms with Crippen LogP contribution in [0.25, 0.3) is 0 Å². The van der Waals surface area contributed by atoms with E-state index in [4.69, 9.17) is 14.2 Å². The fourth-order valence-electron chi connectivity index (χ4n) is 3.71. The number of esters is 2. The van der Waals surface area contributed by atoms with Crippen molar-refractivity contribution >= 4 is 11.9 Å². The normalized spacial score (nSPS) is 23.2. The molecule has 2 heterocycles. The monoisotopic (exact) mass is 347 g/mol. The third-order valence-electron chi connectivity index (χ3n) is 5.10. The maximum Gasteiger partial charge on any atom is 0.339 e. The minimum Gasteiger partial charge on any atom is -0.451 e. The largest absolute Gasteiger partial charge is 0.451 e. The maximum atomic E-state index is 12.5. The number of rotatable bonds is 3. The van der Waals surface area contributed by atoms with Gasteiger partial charge in [0.15, 0.2) is 6.61 Å². The summed E-state index contributed by atoms with van der Waals surface area (Å²) in [7, 11) is 0. The Bertz CT molecular complexity index is 615. The van der Waals surface area contributed by atoms with Crippen LogP contribution in [0.4, 0.5) is 0 Å². The van der Waals surface area contributed by atoms with E-state index in [9.17, 15) is 9.59 Å². The quantitative estimate of drug-likeness (QED) is 0.569. The first-order chi connectivity index (χ1) is 12.1. The summed E-state index contributed by atoms with van der Waals surface area (Å²) in [6.45, 7) is 5.55. The van der Waals surface area contributed by atoms with Gasteiger partial charge in [-0.2, -0.15) is 0 Å². The molecule has 2 aliphatic heterocycles. The highest BCUT2D eigenvalue weighted by atomic mass is 16.6. The van der Waals surface area contributed by atoms with Crippen molar-refractivity contribution in [1.29, 1.82) is 0 Å². The summed E-state index contributed by atoms with van der Waals surface area (Å²) in [6.07, 6.45) is 4.41. The zero-order chi connectivity index (χ0) is 17.7. The third-order valence-corrected chi connectivity index (χ3v) is 5.10. The number of carbonyl (C=O) groups is 2. The highest BCUT2D eigenvalue weighted by molar-refractivity contribution is 6.05. The Balaban J connectivity index is 1.55. The van der Waals surface area contributed by atoms with Gasteiger partial charge in [-0.15, -0.1) is 0 Å². The second-order valence-electron chi connectivity index (χ2n) is 6.76. The van der Waals surface area contributed by atoms with Crippen molar-refractivity contribution < 1.29 is 23.8 Å². The molecule has 0 aromatic heterocycles. The van der Waals surface area contributed by atoms with Crippen LogP contribution < -0.4 is 0 Å². The molecule has 6 heteroatoms. The first-order valence-corrected chi connectivity index (χ1v) is 9.00. The summed E-state index contributed by atoms with van der Waals surface area (Å²) in [4.78, 5) is 26.7. The Morgan fingerprint density at radius 2 is 1.92 bits per heavy atom. The van der Waals surface area contributed by atoms with Crippen molar-refractivity contribution in [1.82, 2.24) is 4.90 Å². The standard InChI is InChI=1S/C19H25NO5/c1-15-16(19(25-17(15)21)7-3-2-4-8-19)18(22)24-12-6-5-9-20-10-13-23-14-11-20/h2-4,7-14H2,1H3. The van der Waals surface area contributed by atoms with Gasteiger partial charge in [-0.1, -0.05) is 18.3 Å². The van der Waals surface area contributed by atoms with Gasteiger partial charge in [-0.05, 0) is 32.6 Å². The Kier molecular flexibility index (Phi) is 5.77. The summed E-state index contributed by atoms with van der Waals surface area (Å²) in [6, 6.07) is 0. The van der Waals surface area contributed by atoms with Gasteiger partial charge in [-0.25, -0.2) is 9.59 Å². The fourth-order valence-corrected chi connectivity index (χ4v) is 3.71. The number of nitrogens with zero attached hydrogens (tertiary/aromatic N) is 1. The van der Waals surface area contributed by atoms with Gasteiger partial charge < -0.3 is 14.2 Å². The van der Waals surface area contributed by atoms with Gasteiger partial charge in [-0.3, -0.25) is 4.90 Å². The summed E-state index contributed by atoms with van der Waals surface area (Å²) in [5.74, 6) is 5.04. The van der Waals surface area contributed by atoms with Crippen LogP contribution in [0.3, 0.4) is 0 Å². The van der Waals surface area contributed by atoms with Crippen LogP contribution in [0.1, 0.15) is 39.0 Å². The van der Waals surface area contributed by atoms with Crippen LogP contribution in [0, 0.1) is 11.8 Å². The lowest BCUT2D eigenvalue weighted by atomic mass is 9.79. The van der Waals surface area contributed by atoms with E-state index >= 15 is 0 Å². The summed E-state index contributed by atoms with van der Waals surface area (Å²) in [5.41, 5.74) is 0.0259. The molecule has 0 aromatic carbocycles. The molecule has 3 rings (SSSR count). The summed E-state index contributed by atoms with van der Waals surface area (Å²) >= 11 is 0. The topological polar surface area (TPSA) is 65.1 Å². The van der Waals surface area contributed by atoms with Crippen molar-refractivity contribution in [3.8, 4) is 11.8 Å². The molecule has 2 fully saturated rings. The molecule has 0 unspecified atom stereocenters. The second-order valence-corrected chi connectivity index (χ2v) is 6.76. The smallest absolute Gasteiger partial charge is 0.339 e. The molecular weight excluding hydrogens is 322 g/mol. The fraction of sp³-hybridized carbons (Fsp3) is 0.684. The van der Waals surface area contributed by atoms with Crippen molar-refractivity contribution in [3.63, 3.8) is 0 Å². The van der Waals surface area contributed by atoms with Crippen molar-refractivity contribution in [2.24, 2.45) is 0 Å². The Morgan fingerprint density at radius 3 is 2.64 bits per heavy atom. The lowest BCUT2D eigenvalue weighted by Crippen LogP contribution is -2.38. The molecule has 0 atom stereocenters. The van der Waals surface area contributed by atoms with E-state index < -0.39 is 17.5 Å². The summed E-state index contributed by atoms with van der Waals surface area (Å²) < 4.78 is 16.2. The van der Waals surface area contributed by atoms with Crippen molar-refractivity contribution in [3.05, 3.63) is 11.1 Å². The number of carbonyl (C=O) groups excluding carboxylic acids is 2. The van der Waals surface area contributed by atoms with E-state index in [2.05, 4.69) is 16.7 Å². The molecule has 1 saturated heterocycles. The maximum absolute atomic E-state index is 12.5. The molecule has 3 aliphatic rings. The number of hydrogen-bond donors (Lipinski definition) is 0. The van der Waals surface area contributed by atoms with E-state index in [-0.39, 0.29) is 6.61 Å². The Morgan fingerprint density at radius 1 is 1.20 bits per heavy atom. The minimum atomic E-state index is -0.766. The lowest BCUT2D eigenvalue weighted by molar-refractivity contribution is -0.151. The van der Waals surface area contributed by atoms with Gasteiger partial charge in [0.1, 0.15) is 5.60 Å². The van der Waals surface area contributed by atoms with Gasteiger partial charge in [0.25, 0.3) is 0 Å². The van der Waals surface area contributed by atoms with Crippen LogP contribution in [0.2, 0.25) is 0 Å². The Labute approximate surface area is 148 Å². The molecule has 1 saturated carbocycles. The zero-order valence-corrected chi connectivity index (χ0v) is 14.8. The van der Waals surface area contributed by atoms with Crippen LogP contribution in [0.15, 0.2) is 11.1 Å². The van der Waals surface area contributed by atoms with Gasteiger partial charge in [0, 0.05) is 18.7 Å². The molecular formula is C19H25NO5.